The molecule has 0 radical (unpaired) electrons. The molecule has 86 valence electrons. The van der Waals surface area contributed by atoms with Gasteiger partial charge < -0.3 is 10.2 Å². The topological polar surface area (TPSA) is 15.3 Å². The van der Waals surface area contributed by atoms with Gasteiger partial charge in [0.05, 0.1) is 6.04 Å². The number of terminal acetylenes is 1. The molecule has 1 unspecified atom stereocenters. The number of piperidine rings is 1. The predicted octanol–water partition coefficient (Wildman–Crippen LogP) is 1.86. The van der Waals surface area contributed by atoms with Crippen LogP contribution in [0, 0.1) is 12.3 Å². The SMILES string of the molecule is C#CC(CC)NC1CCN(CCC)CC1. The van der Waals surface area contributed by atoms with E-state index in [-0.39, 0.29) is 6.04 Å². The number of hydrogen-bond donors (Lipinski definition) is 1. The first kappa shape index (κ1) is 12.5. The molecular weight excluding hydrogens is 184 g/mol. The lowest BCUT2D eigenvalue weighted by molar-refractivity contribution is 0.194. The Kier molecular flexibility index (Phi) is 5.75. The first-order chi connectivity index (χ1) is 7.30. The highest BCUT2D eigenvalue weighted by Crippen LogP contribution is 2.11. The van der Waals surface area contributed by atoms with Crippen LogP contribution in [0.15, 0.2) is 0 Å². The highest BCUT2D eigenvalue weighted by Gasteiger charge is 2.19. The molecule has 0 aromatic carbocycles. The second-order valence-electron chi connectivity index (χ2n) is 4.41. The molecule has 1 rings (SSSR count). The normalized spacial score (nSPS) is 21.1. The molecule has 0 saturated carbocycles. The van der Waals surface area contributed by atoms with E-state index in [4.69, 9.17) is 6.42 Å². The maximum Gasteiger partial charge on any atom is 0.0686 e. The van der Waals surface area contributed by atoms with Crippen molar-refractivity contribution in [3.63, 3.8) is 0 Å². The Morgan fingerprint density at radius 2 is 2.07 bits per heavy atom. The summed E-state index contributed by atoms with van der Waals surface area (Å²) in [7, 11) is 0. The van der Waals surface area contributed by atoms with Crippen molar-refractivity contribution < 1.29 is 0 Å². The molecule has 0 aromatic rings. The monoisotopic (exact) mass is 208 g/mol. The first-order valence-corrected chi connectivity index (χ1v) is 6.24. The summed E-state index contributed by atoms with van der Waals surface area (Å²) >= 11 is 0. The summed E-state index contributed by atoms with van der Waals surface area (Å²) in [6.07, 6.45) is 10.2. The highest BCUT2D eigenvalue weighted by molar-refractivity contribution is 4.99. The van der Waals surface area contributed by atoms with Crippen LogP contribution < -0.4 is 5.32 Å². The van der Waals surface area contributed by atoms with E-state index in [1.165, 1.54) is 38.9 Å². The fraction of sp³-hybridized carbons (Fsp3) is 0.846. The molecule has 0 aliphatic carbocycles. The third kappa shape index (κ3) is 4.24. The lowest BCUT2D eigenvalue weighted by atomic mass is 10.0. The van der Waals surface area contributed by atoms with Crippen molar-refractivity contribution in [2.45, 2.75) is 51.6 Å². The molecule has 1 fully saturated rings. The molecular formula is C13H24N2. The van der Waals surface area contributed by atoms with Gasteiger partial charge in [-0.3, -0.25) is 0 Å². The maximum absolute atomic E-state index is 5.45. The minimum absolute atomic E-state index is 0.271. The Balaban J connectivity index is 2.22. The average Bonchev–Trinajstić information content (AvgIpc) is 2.28. The number of likely N-dealkylation sites (tertiary alicyclic amines) is 1. The summed E-state index contributed by atoms with van der Waals surface area (Å²) in [6, 6.07) is 0.909. The second-order valence-corrected chi connectivity index (χ2v) is 4.41. The summed E-state index contributed by atoms with van der Waals surface area (Å²) in [5.41, 5.74) is 0. The van der Waals surface area contributed by atoms with E-state index in [1.807, 2.05) is 0 Å². The predicted molar refractivity (Wildman–Crippen MR) is 65.8 cm³/mol. The molecule has 0 spiro atoms. The molecule has 1 N–H and O–H groups in total. The Bertz CT molecular complexity index is 199. The van der Waals surface area contributed by atoms with Crippen LogP contribution in [0.5, 0.6) is 0 Å². The van der Waals surface area contributed by atoms with E-state index in [9.17, 15) is 0 Å². The largest absolute Gasteiger partial charge is 0.303 e. The lowest BCUT2D eigenvalue weighted by Crippen LogP contribution is -2.45. The van der Waals surface area contributed by atoms with Crippen molar-refractivity contribution in [1.29, 1.82) is 0 Å². The lowest BCUT2D eigenvalue weighted by Gasteiger charge is -2.33. The van der Waals surface area contributed by atoms with E-state index in [0.717, 1.165) is 6.42 Å². The quantitative estimate of drug-likeness (QED) is 0.694. The van der Waals surface area contributed by atoms with Crippen LogP contribution >= 0.6 is 0 Å². The number of nitrogens with zero attached hydrogens (tertiary/aromatic N) is 1. The van der Waals surface area contributed by atoms with Crippen molar-refractivity contribution in [3.8, 4) is 12.3 Å². The Labute approximate surface area is 94.4 Å². The van der Waals surface area contributed by atoms with Crippen LogP contribution in [0.1, 0.15) is 39.5 Å². The minimum Gasteiger partial charge on any atom is -0.303 e. The van der Waals surface area contributed by atoms with Gasteiger partial charge in [-0.15, -0.1) is 6.42 Å². The summed E-state index contributed by atoms with van der Waals surface area (Å²) in [5, 5.41) is 3.56. The van der Waals surface area contributed by atoms with Crippen LogP contribution in [0.4, 0.5) is 0 Å². The van der Waals surface area contributed by atoms with Gasteiger partial charge in [-0.25, -0.2) is 0 Å². The van der Waals surface area contributed by atoms with E-state index in [0.29, 0.717) is 6.04 Å². The van der Waals surface area contributed by atoms with Gasteiger partial charge in [0.2, 0.25) is 0 Å². The van der Waals surface area contributed by atoms with Gasteiger partial charge in [0.25, 0.3) is 0 Å². The number of hydrogen-bond acceptors (Lipinski definition) is 2. The van der Waals surface area contributed by atoms with Gasteiger partial charge in [-0.1, -0.05) is 19.8 Å². The molecule has 1 aliphatic heterocycles. The second kappa shape index (κ2) is 6.87. The third-order valence-electron chi connectivity index (χ3n) is 3.17. The minimum atomic E-state index is 0.271. The highest BCUT2D eigenvalue weighted by atomic mass is 15.1. The Morgan fingerprint density at radius 1 is 1.40 bits per heavy atom. The zero-order valence-corrected chi connectivity index (χ0v) is 10.1. The Hall–Kier alpha value is -0.520. The smallest absolute Gasteiger partial charge is 0.0686 e. The van der Waals surface area contributed by atoms with Crippen molar-refractivity contribution in [2.24, 2.45) is 0 Å². The maximum atomic E-state index is 5.45. The van der Waals surface area contributed by atoms with Gasteiger partial charge in [-0.2, -0.15) is 0 Å². The fourth-order valence-corrected chi connectivity index (χ4v) is 2.21. The van der Waals surface area contributed by atoms with Gasteiger partial charge in [-0.05, 0) is 45.3 Å². The van der Waals surface area contributed by atoms with Gasteiger partial charge in [0.1, 0.15) is 0 Å². The summed E-state index contributed by atoms with van der Waals surface area (Å²) in [4.78, 5) is 2.55. The molecule has 2 nitrogen and oxygen atoms in total. The zero-order chi connectivity index (χ0) is 11.1. The van der Waals surface area contributed by atoms with Crippen LogP contribution in [0.3, 0.4) is 0 Å². The molecule has 0 bridgehead atoms. The molecule has 1 atom stereocenters. The molecule has 1 saturated heterocycles. The van der Waals surface area contributed by atoms with E-state index in [1.54, 1.807) is 0 Å². The molecule has 1 heterocycles. The molecule has 15 heavy (non-hydrogen) atoms. The average molecular weight is 208 g/mol. The van der Waals surface area contributed by atoms with E-state index in [2.05, 4.69) is 30.0 Å². The standard InChI is InChI=1S/C13H24N2/c1-4-9-15-10-7-13(8-11-15)14-12(5-2)6-3/h2,12-14H,4,6-11H2,1,3H3. The van der Waals surface area contributed by atoms with Crippen molar-refractivity contribution in [2.75, 3.05) is 19.6 Å². The molecule has 2 heteroatoms. The van der Waals surface area contributed by atoms with Crippen molar-refractivity contribution in [1.82, 2.24) is 10.2 Å². The Morgan fingerprint density at radius 3 is 2.53 bits per heavy atom. The van der Waals surface area contributed by atoms with E-state index >= 15 is 0 Å². The summed E-state index contributed by atoms with van der Waals surface area (Å²) in [6.45, 7) is 8.09. The summed E-state index contributed by atoms with van der Waals surface area (Å²) < 4.78 is 0. The summed E-state index contributed by atoms with van der Waals surface area (Å²) in [5.74, 6) is 2.81. The van der Waals surface area contributed by atoms with Gasteiger partial charge >= 0.3 is 0 Å². The van der Waals surface area contributed by atoms with Crippen LogP contribution in [0.25, 0.3) is 0 Å². The zero-order valence-electron chi connectivity index (χ0n) is 10.1. The van der Waals surface area contributed by atoms with Gasteiger partial charge in [0, 0.05) is 6.04 Å². The molecule has 1 aliphatic rings. The molecule has 0 amide bonds. The number of rotatable bonds is 5. The first-order valence-electron chi connectivity index (χ1n) is 6.24. The van der Waals surface area contributed by atoms with E-state index < -0.39 is 0 Å². The van der Waals surface area contributed by atoms with Crippen LogP contribution in [0.2, 0.25) is 0 Å². The van der Waals surface area contributed by atoms with Gasteiger partial charge in [0.15, 0.2) is 0 Å². The van der Waals surface area contributed by atoms with Crippen molar-refractivity contribution >= 4 is 0 Å². The van der Waals surface area contributed by atoms with Crippen LogP contribution in [-0.2, 0) is 0 Å². The van der Waals surface area contributed by atoms with Crippen LogP contribution in [-0.4, -0.2) is 36.6 Å². The molecule has 0 aromatic heterocycles. The van der Waals surface area contributed by atoms with Crippen molar-refractivity contribution in [3.05, 3.63) is 0 Å². The third-order valence-corrected chi connectivity index (χ3v) is 3.17. The fourth-order valence-electron chi connectivity index (χ4n) is 2.21. The number of nitrogens with one attached hydrogen (secondary N) is 1.